The Morgan fingerprint density at radius 2 is 2.36 bits per heavy atom. The van der Waals surface area contributed by atoms with Crippen LogP contribution in [-0.4, -0.2) is 21.7 Å². The van der Waals surface area contributed by atoms with Crippen molar-refractivity contribution in [3.63, 3.8) is 0 Å². The predicted molar refractivity (Wildman–Crippen MR) is 42.9 cm³/mol. The first-order chi connectivity index (χ1) is 5.27. The standard InChI is InChI=1S/C6H13N5/c1-2-4(3-7)5-9-6(8)11-10-5/h4H,2-3,7H2,1H3,(H3,8,9,10,11). The smallest absolute Gasteiger partial charge is 0.239 e. The highest BCUT2D eigenvalue weighted by Gasteiger charge is 2.10. The van der Waals surface area contributed by atoms with Gasteiger partial charge in [-0.3, -0.25) is 5.10 Å². The van der Waals surface area contributed by atoms with Gasteiger partial charge in [-0.2, -0.15) is 4.98 Å². The molecule has 1 aromatic heterocycles. The molecule has 0 amide bonds. The van der Waals surface area contributed by atoms with Crippen LogP contribution in [0.15, 0.2) is 0 Å². The van der Waals surface area contributed by atoms with Gasteiger partial charge >= 0.3 is 0 Å². The zero-order chi connectivity index (χ0) is 8.27. The number of hydrogen-bond donors (Lipinski definition) is 3. The van der Waals surface area contributed by atoms with Crippen molar-refractivity contribution >= 4 is 5.95 Å². The van der Waals surface area contributed by atoms with Crippen LogP contribution in [-0.2, 0) is 0 Å². The second-order valence-corrected chi connectivity index (χ2v) is 2.42. The van der Waals surface area contributed by atoms with Gasteiger partial charge in [0.25, 0.3) is 0 Å². The zero-order valence-corrected chi connectivity index (χ0v) is 6.54. The largest absolute Gasteiger partial charge is 0.367 e. The number of aromatic nitrogens is 3. The lowest BCUT2D eigenvalue weighted by atomic mass is 10.1. The molecule has 5 heteroatoms. The fourth-order valence-corrected chi connectivity index (χ4v) is 0.942. The minimum Gasteiger partial charge on any atom is -0.367 e. The van der Waals surface area contributed by atoms with Gasteiger partial charge in [0.2, 0.25) is 5.95 Å². The van der Waals surface area contributed by atoms with Crippen LogP contribution in [0, 0.1) is 0 Å². The lowest BCUT2D eigenvalue weighted by Gasteiger charge is -2.05. The summed E-state index contributed by atoms with van der Waals surface area (Å²) in [7, 11) is 0. The third-order valence-electron chi connectivity index (χ3n) is 1.68. The zero-order valence-electron chi connectivity index (χ0n) is 6.54. The summed E-state index contributed by atoms with van der Waals surface area (Å²) in [6.07, 6.45) is 0.950. The maximum absolute atomic E-state index is 5.50. The molecule has 0 aliphatic carbocycles. The maximum Gasteiger partial charge on any atom is 0.239 e. The molecule has 5 nitrogen and oxygen atoms in total. The Labute approximate surface area is 65.2 Å². The van der Waals surface area contributed by atoms with Crippen LogP contribution in [0.2, 0.25) is 0 Å². The van der Waals surface area contributed by atoms with Crippen molar-refractivity contribution in [2.75, 3.05) is 12.3 Å². The van der Waals surface area contributed by atoms with E-state index in [1.165, 1.54) is 0 Å². The molecule has 1 unspecified atom stereocenters. The van der Waals surface area contributed by atoms with Crippen LogP contribution in [0.1, 0.15) is 25.1 Å². The first-order valence-electron chi connectivity index (χ1n) is 3.65. The average Bonchev–Trinajstić information content (AvgIpc) is 2.39. The molecule has 0 saturated carbocycles. The highest BCUT2D eigenvalue weighted by molar-refractivity contribution is 5.14. The monoisotopic (exact) mass is 155 g/mol. The van der Waals surface area contributed by atoms with E-state index >= 15 is 0 Å². The molecule has 62 valence electrons. The van der Waals surface area contributed by atoms with Crippen LogP contribution >= 0.6 is 0 Å². The topological polar surface area (TPSA) is 93.6 Å². The van der Waals surface area contributed by atoms with Gasteiger partial charge in [0.05, 0.1) is 0 Å². The number of nitrogens with zero attached hydrogens (tertiary/aromatic N) is 2. The minimum atomic E-state index is 0.250. The van der Waals surface area contributed by atoms with Gasteiger partial charge in [0.1, 0.15) is 5.82 Å². The van der Waals surface area contributed by atoms with E-state index < -0.39 is 0 Å². The molecule has 0 bridgehead atoms. The van der Waals surface area contributed by atoms with Crippen LogP contribution in [0.4, 0.5) is 5.95 Å². The highest BCUT2D eigenvalue weighted by atomic mass is 15.3. The number of anilines is 1. The molecular formula is C6H13N5. The van der Waals surface area contributed by atoms with E-state index in [9.17, 15) is 0 Å². The molecule has 0 aromatic carbocycles. The summed E-state index contributed by atoms with van der Waals surface area (Å²) in [6.45, 7) is 2.63. The number of rotatable bonds is 3. The van der Waals surface area contributed by atoms with Crippen molar-refractivity contribution < 1.29 is 0 Å². The summed E-state index contributed by atoms with van der Waals surface area (Å²) in [5.74, 6) is 1.32. The van der Waals surface area contributed by atoms with Crippen molar-refractivity contribution in [3.8, 4) is 0 Å². The third-order valence-corrected chi connectivity index (χ3v) is 1.68. The van der Waals surface area contributed by atoms with E-state index in [0.717, 1.165) is 12.2 Å². The second kappa shape index (κ2) is 3.34. The first kappa shape index (κ1) is 8.00. The second-order valence-electron chi connectivity index (χ2n) is 2.42. The molecule has 5 N–H and O–H groups in total. The summed E-state index contributed by atoms with van der Waals surface area (Å²) in [6, 6.07) is 0. The first-order valence-corrected chi connectivity index (χ1v) is 3.65. The van der Waals surface area contributed by atoms with Crippen molar-refractivity contribution in [3.05, 3.63) is 5.82 Å². The number of H-pyrrole nitrogens is 1. The Morgan fingerprint density at radius 3 is 2.73 bits per heavy atom. The number of nitrogens with one attached hydrogen (secondary N) is 1. The Kier molecular flexibility index (Phi) is 2.43. The van der Waals surface area contributed by atoms with E-state index in [0.29, 0.717) is 6.54 Å². The number of nitrogen functional groups attached to an aromatic ring is 1. The van der Waals surface area contributed by atoms with Crippen molar-refractivity contribution in [1.29, 1.82) is 0 Å². The normalized spacial score (nSPS) is 13.3. The summed E-state index contributed by atoms with van der Waals surface area (Å²) in [4.78, 5) is 3.98. The Morgan fingerprint density at radius 1 is 1.64 bits per heavy atom. The molecule has 0 fully saturated rings. The van der Waals surface area contributed by atoms with Crippen molar-refractivity contribution in [2.45, 2.75) is 19.3 Å². The van der Waals surface area contributed by atoms with Crippen LogP contribution in [0.5, 0.6) is 0 Å². The van der Waals surface area contributed by atoms with Gasteiger partial charge in [0.15, 0.2) is 0 Å². The average molecular weight is 155 g/mol. The van der Waals surface area contributed by atoms with E-state index in [1.54, 1.807) is 0 Å². The number of hydrogen-bond acceptors (Lipinski definition) is 4. The van der Waals surface area contributed by atoms with Crippen LogP contribution in [0.3, 0.4) is 0 Å². The van der Waals surface area contributed by atoms with Crippen LogP contribution in [0.25, 0.3) is 0 Å². The molecule has 0 radical (unpaired) electrons. The van der Waals surface area contributed by atoms with E-state index in [4.69, 9.17) is 11.5 Å². The fourth-order valence-electron chi connectivity index (χ4n) is 0.942. The van der Waals surface area contributed by atoms with Crippen molar-refractivity contribution in [2.24, 2.45) is 5.73 Å². The quantitative estimate of drug-likeness (QED) is 0.565. The molecule has 1 atom stereocenters. The molecule has 0 aliphatic rings. The lowest BCUT2D eigenvalue weighted by Crippen LogP contribution is -2.12. The highest BCUT2D eigenvalue weighted by Crippen LogP contribution is 2.12. The Bertz CT molecular complexity index is 215. The van der Waals surface area contributed by atoms with Gasteiger partial charge in [-0.05, 0) is 6.42 Å². The Hall–Kier alpha value is -1.10. The van der Waals surface area contributed by atoms with Gasteiger partial charge < -0.3 is 11.5 Å². The third kappa shape index (κ3) is 1.68. The van der Waals surface area contributed by atoms with E-state index in [2.05, 4.69) is 22.1 Å². The molecule has 1 aromatic rings. The van der Waals surface area contributed by atoms with Gasteiger partial charge in [-0.1, -0.05) is 6.92 Å². The number of nitrogens with two attached hydrogens (primary N) is 2. The van der Waals surface area contributed by atoms with Gasteiger partial charge in [-0.15, -0.1) is 5.10 Å². The van der Waals surface area contributed by atoms with E-state index in [1.807, 2.05) is 0 Å². The summed E-state index contributed by atoms with van der Waals surface area (Å²) < 4.78 is 0. The van der Waals surface area contributed by atoms with Crippen LogP contribution < -0.4 is 11.5 Å². The van der Waals surface area contributed by atoms with Gasteiger partial charge in [-0.25, -0.2) is 0 Å². The maximum atomic E-state index is 5.50. The lowest BCUT2D eigenvalue weighted by molar-refractivity contribution is 0.634. The fraction of sp³-hybridized carbons (Fsp3) is 0.667. The Balaban J connectivity index is 2.73. The minimum absolute atomic E-state index is 0.250. The summed E-state index contributed by atoms with van der Waals surface area (Å²) in [5, 5.41) is 6.46. The van der Waals surface area contributed by atoms with Crippen molar-refractivity contribution in [1.82, 2.24) is 15.2 Å². The molecule has 1 heterocycles. The predicted octanol–water partition coefficient (Wildman–Crippen LogP) is -0.161. The summed E-state index contributed by atoms with van der Waals surface area (Å²) >= 11 is 0. The van der Waals surface area contributed by atoms with Gasteiger partial charge in [0, 0.05) is 12.5 Å². The molecule has 0 aliphatic heterocycles. The molecule has 11 heavy (non-hydrogen) atoms. The molecular weight excluding hydrogens is 142 g/mol. The summed E-state index contributed by atoms with van der Waals surface area (Å²) in [5.41, 5.74) is 10.8. The number of aromatic amines is 1. The molecule has 0 spiro atoms. The molecule has 1 rings (SSSR count). The molecule has 0 saturated heterocycles. The van der Waals surface area contributed by atoms with E-state index in [-0.39, 0.29) is 11.9 Å². The SMILES string of the molecule is CCC(CN)c1nc(N)n[nH]1.